The average molecular weight is 357 g/mol. The van der Waals surface area contributed by atoms with Gasteiger partial charge in [0.1, 0.15) is 0 Å². The van der Waals surface area contributed by atoms with Gasteiger partial charge in [-0.05, 0) is 44.5 Å². The van der Waals surface area contributed by atoms with Crippen LogP contribution in [0.25, 0.3) is 11.4 Å². The Labute approximate surface area is 151 Å². The summed E-state index contributed by atoms with van der Waals surface area (Å²) < 4.78 is 5.37. The van der Waals surface area contributed by atoms with Crippen molar-refractivity contribution in [2.45, 2.75) is 31.9 Å². The molecule has 0 radical (unpaired) electrons. The fraction of sp³-hybridized carbons (Fsp3) is 0.556. The Hall–Kier alpha value is -2.32. The van der Waals surface area contributed by atoms with Gasteiger partial charge in [0.25, 0.3) is 0 Å². The molecule has 2 aliphatic heterocycles. The van der Waals surface area contributed by atoms with E-state index < -0.39 is 11.5 Å². The predicted molar refractivity (Wildman–Crippen MR) is 92.7 cm³/mol. The molecule has 0 bridgehead atoms. The zero-order valence-corrected chi connectivity index (χ0v) is 14.8. The van der Waals surface area contributed by atoms with Gasteiger partial charge in [0, 0.05) is 31.5 Å². The molecule has 26 heavy (non-hydrogen) atoms. The molecule has 138 valence electrons. The summed E-state index contributed by atoms with van der Waals surface area (Å²) in [7, 11) is 1.78. The van der Waals surface area contributed by atoms with Gasteiger partial charge in [0.05, 0.1) is 18.1 Å². The Morgan fingerprint density at radius 1 is 1.38 bits per heavy atom. The van der Waals surface area contributed by atoms with Crippen molar-refractivity contribution in [1.29, 1.82) is 0 Å². The molecule has 0 saturated carbocycles. The summed E-state index contributed by atoms with van der Waals surface area (Å²) in [5.74, 6) is 1.26. The van der Waals surface area contributed by atoms with E-state index in [1.165, 1.54) is 0 Å². The molecule has 2 aromatic rings. The molecule has 2 aliphatic rings. The third kappa shape index (κ3) is 3.22. The molecule has 2 fully saturated rings. The van der Waals surface area contributed by atoms with Crippen molar-refractivity contribution in [2.75, 3.05) is 26.7 Å². The Kier molecular flexibility index (Phi) is 4.46. The molecule has 1 atom stereocenters. The highest BCUT2D eigenvalue weighted by Gasteiger charge is 2.47. The second kappa shape index (κ2) is 6.77. The summed E-state index contributed by atoms with van der Waals surface area (Å²) in [5, 5.41) is 14.1. The van der Waals surface area contributed by atoms with Crippen LogP contribution in [0.4, 0.5) is 0 Å². The predicted octanol–water partition coefficient (Wildman–Crippen LogP) is 0.937. The molecule has 4 rings (SSSR count). The maximum absolute atomic E-state index is 12.6. The normalized spacial score (nSPS) is 23.5. The monoisotopic (exact) mass is 357 g/mol. The van der Waals surface area contributed by atoms with E-state index in [1.807, 2.05) is 12.1 Å². The van der Waals surface area contributed by atoms with E-state index in [2.05, 4.69) is 20.0 Å². The zero-order chi connectivity index (χ0) is 18.1. The number of piperidine rings is 2. The van der Waals surface area contributed by atoms with E-state index in [1.54, 1.807) is 24.3 Å². The molecule has 0 aliphatic carbocycles. The van der Waals surface area contributed by atoms with Crippen LogP contribution in [0.1, 0.15) is 25.2 Å². The topological polar surface area (TPSA) is 95.6 Å². The largest absolute Gasteiger partial charge is 0.391 e. The molecule has 1 amide bonds. The first-order chi connectivity index (χ1) is 12.6. The molecule has 8 nitrogen and oxygen atoms in total. The Balaban J connectivity index is 1.39. The van der Waals surface area contributed by atoms with Crippen molar-refractivity contribution in [3.05, 3.63) is 30.4 Å². The molecule has 8 heteroatoms. The van der Waals surface area contributed by atoms with Gasteiger partial charge >= 0.3 is 0 Å². The Bertz CT molecular complexity index is 770. The third-order valence-corrected chi connectivity index (χ3v) is 5.47. The van der Waals surface area contributed by atoms with Crippen LogP contribution in [0.5, 0.6) is 0 Å². The quantitative estimate of drug-likeness (QED) is 0.873. The van der Waals surface area contributed by atoms with Gasteiger partial charge in [-0.15, -0.1) is 0 Å². The van der Waals surface area contributed by atoms with Gasteiger partial charge in [-0.25, -0.2) is 0 Å². The van der Waals surface area contributed by atoms with E-state index in [4.69, 9.17) is 4.52 Å². The maximum atomic E-state index is 12.6. The van der Waals surface area contributed by atoms with Gasteiger partial charge < -0.3 is 14.5 Å². The summed E-state index contributed by atoms with van der Waals surface area (Å²) in [6.45, 7) is 2.55. The number of nitrogens with zero attached hydrogens (tertiary/aromatic N) is 5. The highest BCUT2D eigenvalue weighted by atomic mass is 16.5. The molecular weight excluding hydrogens is 334 g/mol. The first-order valence-corrected chi connectivity index (χ1v) is 8.95. The minimum atomic E-state index is -0.428. The molecule has 2 saturated heterocycles. The van der Waals surface area contributed by atoms with E-state index in [-0.39, 0.29) is 5.91 Å². The molecule has 0 aromatic carbocycles. The van der Waals surface area contributed by atoms with E-state index in [0.717, 1.165) is 31.5 Å². The number of hydrogen-bond acceptors (Lipinski definition) is 7. The number of likely N-dealkylation sites (N-methyl/N-ethyl adjacent to an activating group) is 1. The standard InChI is InChI=1S/C18H23N5O3/c1-22-11-14(24)9-18(17(22)25)4-7-23(8-5-18)12-15-20-16(21-26-15)13-3-2-6-19-10-13/h2-3,6,10,14,24H,4-5,7-9,11-12H2,1H3. The van der Waals surface area contributed by atoms with Crippen LogP contribution in [-0.2, 0) is 11.3 Å². The zero-order valence-electron chi connectivity index (χ0n) is 14.8. The lowest BCUT2D eigenvalue weighted by Gasteiger charge is -2.46. The van der Waals surface area contributed by atoms with Crippen LogP contribution >= 0.6 is 0 Å². The minimum Gasteiger partial charge on any atom is -0.391 e. The number of aliphatic hydroxyl groups excluding tert-OH is 1. The van der Waals surface area contributed by atoms with Gasteiger partial charge in [-0.3, -0.25) is 14.7 Å². The minimum absolute atomic E-state index is 0.166. The van der Waals surface area contributed by atoms with Crippen molar-refractivity contribution in [3.8, 4) is 11.4 Å². The molecular formula is C18H23N5O3. The SMILES string of the molecule is CN1CC(O)CC2(CCN(Cc3nc(-c4cccnc4)no3)CC2)C1=O. The number of pyridine rings is 1. The number of likely N-dealkylation sites (tertiary alicyclic amines) is 2. The van der Waals surface area contributed by atoms with Crippen LogP contribution in [0.3, 0.4) is 0 Å². The number of carbonyl (C=O) groups excluding carboxylic acids is 1. The van der Waals surface area contributed by atoms with Crippen molar-refractivity contribution >= 4 is 5.91 Å². The number of rotatable bonds is 3. The van der Waals surface area contributed by atoms with Gasteiger partial charge in [-0.2, -0.15) is 4.98 Å². The van der Waals surface area contributed by atoms with Crippen LogP contribution < -0.4 is 0 Å². The van der Waals surface area contributed by atoms with Crippen LogP contribution in [0, 0.1) is 5.41 Å². The number of amides is 1. The van der Waals surface area contributed by atoms with Gasteiger partial charge in [0.15, 0.2) is 0 Å². The highest BCUT2D eigenvalue weighted by molar-refractivity contribution is 5.83. The second-order valence-corrected chi connectivity index (χ2v) is 7.35. The summed E-state index contributed by atoms with van der Waals surface area (Å²) in [6, 6.07) is 3.73. The highest BCUT2D eigenvalue weighted by Crippen LogP contribution is 2.40. The first-order valence-electron chi connectivity index (χ1n) is 8.95. The molecule has 1 unspecified atom stereocenters. The van der Waals surface area contributed by atoms with Gasteiger partial charge in [-0.1, -0.05) is 5.16 Å². The summed E-state index contributed by atoms with van der Waals surface area (Å²) in [4.78, 5) is 25.0. The second-order valence-electron chi connectivity index (χ2n) is 7.35. The number of aromatic nitrogens is 3. The van der Waals surface area contributed by atoms with E-state index in [9.17, 15) is 9.90 Å². The molecule has 2 aromatic heterocycles. The van der Waals surface area contributed by atoms with Crippen molar-refractivity contribution in [1.82, 2.24) is 24.9 Å². The van der Waals surface area contributed by atoms with Crippen molar-refractivity contribution < 1.29 is 14.4 Å². The fourth-order valence-electron chi connectivity index (χ4n) is 4.09. The summed E-state index contributed by atoms with van der Waals surface area (Å²) in [6.07, 6.45) is 5.04. The molecule has 1 N–H and O–H groups in total. The van der Waals surface area contributed by atoms with Crippen molar-refractivity contribution in [3.63, 3.8) is 0 Å². The van der Waals surface area contributed by atoms with E-state index >= 15 is 0 Å². The lowest BCUT2D eigenvalue weighted by atomic mass is 9.71. The Morgan fingerprint density at radius 3 is 2.92 bits per heavy atom. The number of carbonyl (C=O) groups is 1. The van der Waals surface area contributed by atoms with E-state index in [0.29, 0.717) is 31.2 Å². The third-order valence-electron chi connectivity index (χ3n) is 5.47. The van der Waals surface area contributed by atoms with Crippen LogP contribution in [0.2, 0.25) is 0 Å². The molecule has 1 spiro atoms. The average Bonchev–Trinajstić information content (AvgIpc) is 3.11. The first kappa shape index (κ1) is 17.1. The Morgan fingerprint density at radius 2 is 2.19 bits per heavy atom. The van der Waals surface area contributed by atoms with Crippen LogP contribution in [0.15, 0.2) is 29.0 Å². The van der Waals surface area contributed by atoms with Gasteiger partial charge in [0.2, 0.25) is 17.6 Å². The lowest BCUT2D eigenvalue weighted by molar-refractivity contribution is -0.154. The summed E-state index contributed by atoms with van der Waals surface area (Å²) in [5.41, 5.74) is 0.406. The smallest absolute Gasteiger partial charge is 0.241 e. The fourth-order valence-corrected chi connectivity index (χ4v) is 4.09. The number of β-amino-alcohol motifs (C(OH)–C–C–N with tert-alkyl or cyclic N) is 1. The van der Waals surface area contributed by atoms with Crippen molar-refractivity contribution in [2.24, 2.45) is 5.41 Å². The number of hydrogen-bond donors (Lipinski definition) is 1. The molecule has 4 heterocycles. The number of aliphatic hydroxyl groups is 1. The lowest BCUT2D eigenvalue weighted by Crippen LogP contribution is -2.56. The maximum Gasteiger partial charge on any atom is 0.241 e. The summed E-state index contributed by atoms with van der Waals surface area (Å²) >= 11 is 0. The van der Waals surface area contributed by atoms with Crippen LogP contribution in [-0.4, -0.2) is 68.7 Å².